The smallest absolute Gasteiger partial charge is 0.150 e. The maximum Gasteiger partial charge on any atom is 0.150 e. The van der Waals surface area contributed by atoms with Crippen molar-refractivity contribution < 1.29 is 4.74 Å². The van der Waals surface area contributed by atoms with Gasteiger partial charge in [0.2, 0.25) is 0 Å². The molecule has 0 aliphatic heterocycles. The molecule has 0 heterocycles. The number of nitrogens with one attached hydrogen (secondary N) is 1. The third-order valence-corrected chi connectivity index (χ3v) is 3.66. The molecule has 2 heteroatoms. The van der Waals surface area contributed by atoms with E-state index in [9.17, 15) is 0 Å². The fraction of sp³-hybridized carbons (Fsp3) is 0.143. The maximum absolute atomic E-state index is 5.96. The van der Waals surface area contributed by atoms with E-state index >= 15 is 0 Å². The average Bonchev–Trinajstić information content (AvgIpc) is 2.62. The van der Waals surface area contributed by atoms with Crippen molar-refractivity contribution in [1.82, 2.24) is 0 Å². The van der Waals surface area contributed by atoms with Crippen LogP contribution in [0.5, 0.6) is 11.5 Å². The lowest BCUT2D eigenvalue weighted by Crippen LogP contribution is -2.04. The molecule has 0 aliphatic carbocycles. The van der Waals surface area contributed by atoms with Gasteiger partial charge in [0.25, 0.3) is 0 Å². The highest BCUT2D eigenvalue weighted by atomic mass is 16.5. The minimum absolute atomic E-state index is 0.853. The predicted molar refractivity (Wildman–Crippen MR) is 96.2 cm³/mol. The van der Waals surface area contributed by atoms with Crippen molar-refractivity contribution >= 4 is 5.69 Å². The maximum atomic E-state index is 5.96. The van der Waals surface area contributed by atoms with Gasteiger partial charge in [0, 0.05) is 6.54 Å². The van der Waals surface area contributed by atoms with Gasteiger partial charge in [-0.1, -0.05) is 60.7 Å². The first-order valence-corrected chi connectivity index (χ1v) is 8.01. The Bertz CT molecular complexity index is 710. The van der Waals surface area contributed by atoms with E-state index in [0.717, 1.165) is 36.6 Å². The van der Waals surface area contributed by atoms with Crippen molar-refractivity contribution in [3.63, 3.8) is 0 Å². The number of ether oxygens (including phenoxy) is 1. The van der Waals surface area contributed by atoms with Crippen molar-refractivity contribution in [3.05, 3.63) is 90.5 Å². The van der Waals surface area contributed by atoms with Crippen molar-refractivity contribution in [1.29, 1.82) is 0 Å². The third kappa shape index (κ3) is 4.62. The van der Waals surface area contributed by atoms with E-state index in [1.807, 2.05) is 48.5 Å². The van der Waals surface area contributed by atoms with Gasteiger partial charge in [-0.15, -0.1) is 0 Å². The molecule has 23 heavy (non-hydrogen) atoms. The largest absolute Gasteiger partial charge is 0.455 e. The molecule has 0 unspecified atom stereocenters. The number of hydrogen-bond acceptors (Lipinski definition) is 2. The number of benzene rings is 3. The molecule has 0 aromatic heterocycles. The van der Waals surface area contributed by atoms with Gasteiger partial charge in [-0.2, -0.15) is 0 Å². The van der Waals surface area contributed by atoms with Crippen molar-refractivity contribution in [2.24, 2.45) is 0 Å². The van der Waals surface area contributed by atoms with E-state index in [0.29, 0.717) is 0 Å². The van der Waals surface area contributed by atoms with Gasteiger partial charge in [0.1, 0.15) is 5.75 Å². The lowest BCUT2D eigenvalue weighted by Gasteiger charge is -2.13. The lowest BCUT2D eigenvalue weighted by molar-refractivity contribution is 0.484. The van der Waals surface area contributed by atoms with Crippen LogP contribution in [0.25, 0.3) is 0 Å². The molecule has 116 valence electrons. The summed E-state index contributed by atoms with van der Waals surface area (Å²) in [6.07, 6.45) is 2.17. The van der Waals surface area contributed by atoms with E-state index in [1.165, 1.54) is 5.56 Å². The summed E-state index contributed by atoms with van der Waals surface area (Å²) < 4.78 is 5.96. The first-order chi connectivity index (χ1) is 11.4. The SMILES string of the molecule is c1ccc(CCCNc2ccccc2Oc2ccccc2)cc1. The summed E-state index contributed by atoms with van der Waals surface area (Å²) in [4.78, 5) is 0. The minimum Gasteiger partial charge on any atom is -0.455 e. The van der Waals surface area contributed by atoms with Gasteiger partial charge in [-0.05, 0) is 42.7 Å². The summed E-state index contributed by atoms with van der Waals surface area (Å²) in [5.41, 5.74) is 2.41. The molecule has 3 aromatic carbocycles. The standard InChI is InChI=1S/C21H21NO/c1-3-10-18(11-4-1)12-9-17-22-20-15-7-8-16-21(20)23-19-13-5-2-6-14-19/h1-8,10-11,13-16,22H,9,12,17H2. The number of hydrogen-bond donors (Lipinski definition) is 1. The molecule has 0 spiro atoms. The zero-order chi connectivity index (χ0) is 15.7. The fourth-order valence-corrected chi connectivity index (χ4v) is 2.48. The Kier molecular flexibility index (Phi) is 5.30. The molecule has 1 N–H and O–H groups in total. The molecule has 0 saturated heterocycles. The fourth-order valence-electron chi connectivity index (χ4n) is 2.48. The third-order valence-electron chi connectivity index (χ3n) is 3.66. The van der Waals surface area contributed by atoms with Gasteiger partial charge in [-0.25, -0.2) is 0 Å². The van der Waals surface area contributed by atoms with Crippen LogP contribution in [0.3, 0.4) is 0 Å². The number of anilines is 1. The van der Waals surface area contributed by atoms with E-state index < -0.39 is 0 Å². The van der Waals surface area contributed by atoms with Crippen LogP contribution in [-0.2, 0) is 6.42 Å². The second-order valence-electron chi connectivity index (χ2n) is 5.43. The first-order valence-electron chi connectivity index (χ1n) is 8.01. The van der Waals surface area contributed by atoms with Crippen LogP contribution in [0, 0.1) is 0 Å². The average molecular weight is 303 g/mol. The second kappa shape index (κ2) is 8.04. The lowest BCUT2D eigenvalue weighted by atomic mass is 10.1. The highest BCUT2D eigenvalue weighted by Crippen LogP contribution is 2.28. The van der Waals surface area contributed by atoms with Crippen LogP contribution < -0.4 is 10.1 Å². The Morgan fingerprint density at radius 3 is 2.13 bits per heavy atom. The molecule has 0 aliphatic rings. The Morgan fingerprint density at radius 1 is 0.696 bits per heavy atom. The number of para-hydroxylation sites is 3. The normalized spacial score (nSPS) is 10.3. The molecule has 0 fully saturated rings. The summed E-state index contributed by atoms with van der Waals surface area (Å²) in [6.45, 7) is 0.921. The van der Waals surface area contributed by atoms with E-state index in [-0.39, 0.29) is 0 Å². The minimum atomic E-state index is 0.853. The quantitative estimate of drug-likeness (QED) is 0.580. The van der Waals surface area contributed by atoms with E-state index in [4.69, 9.17) is 4.74 Å². The Morgan fingerprint density at radius 2 is 1.35 bits per heavy atom. The molecule has 3 rings (SSSR count). The monoisotopic (exact) mass is 303 g/mol. The van der Waals surface area contributed by atoms with Crippen LogP contribution in [0.15, 0.2) is 84.9 Å². The molecule has 0 saturated carbocycles. The Balaban J connectivity index is 1.55. The molecular weight excluding hydrogens is 282 g/mol. The molecule has 0 bridgehead atoms. The first kappa shape index (κ1) is 15.2. The highest BCUT2D eigenvalue weighted by molar-refractivity contribution is 5.57. The predicted octanol–water partition coefficient (Wildman–Crippen LogP) is 5.52. The van der Waals surface area contributed by atoms with Gasteiger partial charge >= 0.3 is 0 Å². The van der Waals surface area contributed by atoms with Gasteiger partial charge in [-0.3, -0.25) is 0 Å². The summed E-state index contributed by atoms with van der Waals surface area (Å²) in [5.74, 6) is 1.71. The molecule has 2 nitrogen and oxygen atoms in total. The van der Waals surface area contributed by atoms with Crippen LogP contribution in [-0.4, -0.2) is 6.54 Å². The van der Waals surface area contributed by atoms with E-state index in [1.54, 1.807) is 0 Å². The van der Waals surface area contributed by atoms with Gasteiger partial charge in [0.15, 0.2) is 5.75 Å². The van der Waals surface area contributed by atoms with Gasteiger partial charge in [0.05, 0.1) is 5.69 Å². The Labute approximate surface area is 137 Å². The summed E-state index contributed by atoms with van der Waals surface area (Å²) in [7, 11) is 0. The Hall–Kier alpha value is -2.74. The molecular formula is C21H21NO. The van der Waals surface area contributed by atoms with E-state index in [2.05, 4.69) is 41.7 Å². The van der Waals surface area contributed by atoms with Crippen molar-refractivity contribution in [2.75, 3.05) is 11.9 Å². The molecule has 3 aromatic rings. The number of rotatable bonds is 7. The van der Waals surface area contributed by atoms with Crippen LogP contribution in [0.2, 0.25) is 0 Å². The zero-order valence-corrected chi connectivity index (χ0v) is 13.1. The number of aryl methyl sites for hydroxylation is 1. The van der Waals surface area contributed by atoms with Crippen LogP contribution in [0.4, 0.5) is 5.69 Å². The zero-order valence-electron chi connectivity index (χ0n) is 13.1. The highest BCUT2D eigenvalue weighted by Gasteiger charge is 2.03. The van der Waals surface area contributed by atoms with Crippen LogP contribution >= 0.6 is 0 Å². The molecule has 0 atom stereocenters. The topological polar surface area (TPSA) is 21.3 Å². The van der Waals surface area contributed by atoms with Crippen molar-refractivity contribution in [3.8, 4) is 11.5 Å². The molecule has 0 radical (unpaired) electrons. The van der Waals surface area contributed by atoms with Crippen molar-refractivity contribution in [2.45, 2.75) is 12.8 Å². The van der Waals surface area contributed by atoms with Crippen LogP contribution in [0.1, 0.15) is 12.0 Å². The van der Waals surface area contributed by atoms with Gasteiger partial charge < -0.3 is 10.1 Å². The second-order valence-corrected chi connectivity index (χ2v) is 5.43. The summed E-state index contributed by atoms with van der Waals surface area (Å²) in [6, 6.07) is 28.5. The summed E-state index contributed by atoms with van der Waals surface area (Å²) >= 11 is 0. The molecule has 0 amide bonds. The summed E-state index contributed by atoms with van der Waals surface area (Å²) in [5, 5.41) is 3.48.